The summed E-state index contributed by atoms with van der Waals surface area (Å²) in [5.74, 6) is 0.696. The molecule has 0 aromatic heterocycles. The van der Waals surface area contributed by atoms with Crippen LogP contribution in [0.4, 0.5) is 0 Å². The molecule has 0 atom stereocenters. The monoisotopic (exact) mass is 187 g/mol. The van der Waals surface area contributed by atoms with Crippen molar-refractivity contribution < 1.29 is 9.84 Å². The third-order valence-electron chi connectivity index (χ3n) is 2.42. The highest BCUT2D eigenvalue weighted by Crippen LogP contribution is 2.25. The molecule has 13 heavy (non-hydrogen) atoms. The maximum absolute atomic E-state index is 9.04. The van der Waals surface area contributed by atoms with Crippen molar-refractivity contribution >= 4 is 0 Å². The number of ether oxygens (including phenoxy) is 1. The SMILES string of the molecule is CCCOCCNCC1CC(O)C1. The summed E-state index contributed by atoms with van der Waals surface area (Å²) in [6.07, 6.45) is 3.02. The van der Waals surface area contributed by atoms with Gasteiger partial charge in [0.05, 0.1) is 12.7 Å². The first-order chi connectivity index (χ1) is 6.33. The smallest absolute Gasteiger partial charge is 0.0590 e. The quantitative estimate of drug-likeness (QED) is 0.579. The van der Waals surface area contributed by atoms with Gasteiger partial charge in [0, 0.05) is 13.2 Å². The first kappa shape index (κ1) is 11.0. The minimum absolute atomic E-state index is 0.0249. The van der Waals surface area contributed by atoms with Crippen LogP contribution in [0.5, 0.6) is 0 Å². The van der Waals surface area contributed by atoms with Crippen molar-refractivity contribution in [3.05, 3.63) is 0 Å². The molecule has 3 heteroatoms. The van der Waals surface area contributed by atoms with Crippen LogP contribution in [0.1, 0.15) is 26.2 Å². The van der Waals surface area contributed by atoms with Crippen LogP contribution in [0.15, 0.2) is 0 Å². The molecule has 1 rings (SSSR count). The first-order valence-corrected chi connectivity index (χ1v) is 5.29. The predicted molar refractivity (Wildman–Crippen MR) is 52.7 cm³/mol. The molecule has 1 aliphatic carbocycles. The summed E-state index contributed by atoms with van der Waals surface area (Å²) in [7, 11) is 0. The van der Waals surface area contributed by atoms with Gasteiger partial charge in [-0.05, 0) is 31.7 Å². The third kappa shape index (κ3) is 4.60. The lowest BCUT2D eigenvalue weighted by Crippen LogP contribution is -2.37. The first-order valence-electron chi connectivity index (χ1n) is 5.29. The van der Waals surface area contributed by atoms with E-state index in [1.165, 1.54) is 0 Å². The normalized spacial score (nSPS) is 27.2. The Labute approximate surface area is 80.5 Å². The molecule has 1 fully saturated rings. The molecule has 2 N–H and O–H groups in total. The van der Waals surface area contributed by atoms with E-state index in [2.05, 4.69) is 12.2 Å². The van der Waals surface area contributed by atoms with Gasteiger partial charge in [0.2, 0.25) is 0 Å². The van der Waals surface area contributed by atoms with Crippen molar-refractivity contribution in [1.82, 2.24) is 5.32 Å². The highest BCUT2D eigenvalue weighted by Gasteiger charge is 2.26. The minimum Gasteiger partial charge on any atom is -0.393 e. The average molecular weight is 187 g/mol. The molecule has 0 saturated heterocycles. The van der Waals surface area contributed by atoms with Crippen LogP contribution in [-0.4, -0.2) is 37.5 Å². The van der Waals surface area contributed by atoms with E-state index >= 15 is 0 Å². The maximum atomic E-state index is 9.04. The van der Waals surface area contributed by atoms with Crippen LogP contribution in [0, 0.1) is 5.92 Å². The number of hydrogen-bond acceptors (Lipinski definition) is 3. The Hall–Kier alpha value is -0.120. The number of aliphatic hydroxyl groups is 1. The van der Waals surface area contributed by atoms with Gasteiger partial charge in [-0.1, -0.05) is 6.92 Å². The number of nitrogens with one attached hydrogen (secondary N) is 1. The molecular weight excluding hydrogens is 166 g/mol. The van der Waals surface area contributed by atoms with Crippen molar-refractivity contribution in [2.24, 2.45) is 5.92 Å². The van der Waals surface area contributed by atoms with Gasteiger partial charge >= 0.3 is 0 Å². The molecule has 1 saturated carbocycles. The fourth-order valence-corrected chi connectivity index (χ4v) is 1.56. The van der Waals surface area contributed by atoms with E-state index in [1.54, 1.807) is 0 Å². The zero-order valence-corrected chi connectivity index (χ0v) is 8.46. The van der Waals surface area contributed by atoms with Crippen LogP contribution in [0.3, 0.4) is 0 Å². The van der Waals surface area contributed by atoms with Crippen LogP contribution in [0.2, 0.25) is 0 Å². The molecule has 78 valence electrons. The molecule has 1 aliphatic rings. The van der Waals surface area contributed by atoms with E-state index in [9.17, 15) is 0 Å². The molecule has 0 aromatic carbocycles. The second-order valence-corrected chi connectivity index (χ2v) is 3.81. The van der Waals surface area contributed by atoms with Gasteiger partial charge in [0.15, 0.2) is 0 Å². The molecule has 0 aliphatic heterocycles. The fraction of sp³-hybridized carbons (Fsp3) is 1.00. The zero-order valence-electron chi connectivity index (χ0n) is 8.46. The Bertz CT molecular complexity index is 124. The Kier molecular flexibility index (Phi) is 5.35. The van der Waals surface area contributed by atoms with E-state index in [0.29, 0.717) is 5.92 Å². The van der Waals surface area contributed by atoms with Gasteiger partial charge in [-0.25, -0.2) is 0 Å². The molecule has 0 amide bonds. The van der Waals surface area contributed by atoms with E-state index in [-0.39, 0.29) is 6.10 Å². The number of aliphatic hydroxyl groups excluding tert-OH is 1. The van der Waals surface area contributed by atoms with Gasteiger partial charge in [-0.15, -0.1) is 0 Å². The van der Waals surface area contributed by atoms with Crippen molar-refractivity contribution in [2.75, 3.05) is 26.3 Å². The molecule has 0 radical (unpaired) electrons. The zero-order chi connectivity index (χ0) is 9.52. The van der Waals surface area contributed by atoms with Crippen LogP contribution < -0.4 is 5.32 Å². The topological polar surface area (TPSA) is 41.5 Å². The molecule has 3 nitrogen and oxygen atoms in total. The molecule has 0 aromatic rings. The summed E-state index contributed by atoms with van der Waals surface area (Å²) in [6, 6.07) is 0. The van der Waals surface area contributed by atoms with Gasteiger partial charge in [0.1, 0.15) is 0 Å². The van der Waals surface area contributed by atoms with Crippen LogP contribution >= 0.6 is 0 Å². The Balaban J connectivity index is 1.74. The van der Waals surface area contributed by atoms with Crippen molar-refractivity contribution in [3.63, 3.8) is 0 Å². The summed E-state index contributed by atoms with van der Waals surface area (Å²) in [6.45, 7) is 5.76. The molecule has 0 heterocycles. The standard InChI is InChI=1S/C10H21NO2/c1-2-4-13-5-3-11-8-9-6-10(12)7-9/h9-12H,2-8H2,1H3. The summed E-state index contributed by atoms with van der Waals surface area (Å²) >= 11 is 0. The maximum Gasteiger partial charge on any atom is 0.0590 e. The highest BCUT2D eigenvalue weighted by molar-refractivity contribution is 4.79. The number of hydrogen-bond donors (Lipinski definition) is 2. The predicted octanol–water partition coefficient (Wildman–Crippen LogP) is 0.773. The van der Waals surface area contributed by atoms with E-state index in [4.69, 9.17) is 9.84 Å². The summed E-state index contributed by atoms with van der Waals surface area (Å²) in [5, 5.41) is 12.4. The Morgan fingerprint density at radius 3 is 2.77 bits per heavy atom. The summed E-state index contributed by atoms with van der Waals surface area (Å²) in [4.78, 5) is 0. The summed E-state index contributed by atoms with van der Waals surface area (Å²) in [5.41, 5.74) is 0. The van der Waals surface area contributed by atoms with Gasteiger partial charge in [0.25, 0.3) is 0 Å². The second kappa shape index (κ2) is 6.35. The number of rotatable bonds is 7. The molecule has 0 bridgehead atoms. The lowest BCUT2D eigenvalue weighted by molar-refractivity contribution is 0.0419. The molecule has 0 spiro atoms. The molecule has 0 unspecified atom stereocenters. The minimum atomic E-state index is -0.0249. The van der Waals surface area contributed by atoms with E-state index in [1.807, 2.05) is 0 Å². The third-order valence-corrected chi connectivity index (χ3v) is 2.42. The lowest BCUT2D eigenvalue weighted by Gasteiger charge is -2.31. The lowest BCUT2D eigenvalue weighted by atomic mass is 9.82. The fourth-order valence-electron chi connectivity index (χ4n) is 1.56. The Morgan fingerprint density at radius 1 is 1.38 bits per heavy atom. The van der Waals surface area contributed by atoms with Gasteiger partial charge in [-0.3, -0.25) is 0 Å². The van der Waals surface area contributed by atoms with E-state index in [0.717, 1.165) is 45.6 Å². The average Bonchev–Trinajstić information content (AvgIpc) is 2.07. The largest absolute Gasteiger partial charge is 0.393 e. The Morgan fingerprint density at radius 2 is 2.15 bits per heavy atom. The van der Waals surface area contributed by atoms with Gasteiger partial charge < -0.3 is 15.2 Å². The molecular formula is C10H21NO2. The van der Waals surface area contributed by atoms with E-state index < -0.39 is 0 Å². The summed E-state index contributed by atoms with van der Waals surface area (Å²) < 4.78 is 5.33. The van der Waals surface area contributed by atoms with Gasteiger partial charge in [-0.2, -0.15) is 0 Å². The van der Waals surface area contributed by atoms with Crippen LogP contribution in [-0.2, 0) is 4.74 Å². The van der Waals surface area contributed by atoms with Crippen molar-refractivity contribution in [2.45, 2.75) is 32.3 Å². The van der Waals surface area contributed by atoms with Crippen LogP contribution in [0.25, 0.3) is 0 Å². The van der Waals surface area contributed by atoms with Crippen molar-refractivity contribution in [3.8, 4) is 0 Å². The van der Waals surface area contributed by atoms with Crippen molar-refractivity contribution in [1.29, 1.82) is 0 Å². The second-order valence-electron chi connectivity index (χ2n) is 3.81. The highest BCUT2D eigenvalue weighted by atomic mass is 16.5.